The molecule has 5 nitrogen and oxygen atoms in total. The molecule has 1 aromatic rings. The second-order valence-electron chi connectivity index (χ2n) is 2.79. The van der Waals surface area contributed by atoms with Crippen LogP contribution < -0.4 is 14.6 Å². The number of nitrogens with two attached hydrogens (primary N) is 1. The van der Waals surface area contributed by atoms with Crippen LogP contribution in [0.5, 0.6) is 5.75 Å². The standard InChI is InChI=1S/C7H6Cl2F2N2O3S/c8-4-1-3(13-17(12,14)15)2-5(9)6(4)16-7(10)11/h1-2,7,13H,(H2,12,14,15). The van der Waals surface area contributed by atoms with Gasteiger partial charge >= 0.3 is 6.61 Å². The van der Waals surface area contributed by atoms with Crippen molar-refractivity contribution in [3.63, 3.8) is 0 Å². The van der Waals surface area contributed by atoms with Crippen molar-refractivity contribution in [1.82, 2.24) is 0 Å². The molecule has 17 heavy (non-hydrogen) atoms. The molecule has 96 valence electrons. The van der Waals surface area contributed by atoms with E-state index in [9.17, 15) is 17.2 Å². The molecule has 0 fully saturated rings. The zero-order valence-corrected chi connectivity index (χ0v) is 10.3. The Labute approximate surface area is 106 Å². The molecular formula is C7H6Cl2F2N2O3S. The number of ether oxygens (including phenoxy) is 1. The van der Waals surface area contributed by atoms with Crippen LogP contribution in [0, 0.1) is 0 Å². The largest absolute Gasteiger partial charge is 0.432 e. The minimum absolute atomic E-state index is 0.0656. The molecule has 1 aromatic carbocycles. The van der Waals surface area contributed by atoms with Crippen molar-refractivity contribution in [3.05, 3.63) is 22.2 Å². The van der Waals surface area contributed by atoms with Gasteiger partial charge in [0.25, 0.3) is 10.2 Å². The van der Waals surface area contributed by atoms with Gasteiger partial charge in [0.05, 0.1) is 15.7 Å². The number of rotatable bonds is 4. The van der Waals surface area contributed by atoms with Gasteiger partial charge in [0.1, 0.15) is 0 Å². The Hall–Kier alpha value is -0.830. The van der Waals surface area contributed by atoms with Gasteiger partial charge < -0.3 is 4.74 Å². The molecule has 0 saturated heterocycles. The van der Waals surface area contributed by atoms with Crippen molar-refractivity contribution in [3.8, 4) is 5.75 Å². The van der Waals surface area contributed by atoms with Gasteiger partial charge in [-0.05, 0) is 12.1 Å². The SMILES string of the molecule is NS(=O)(=O)Nc1cc(Cl)c(OC(F)F)c(Cl)c1. The topological polar surface area (TPSA) is 81.4 Å². The molecule has 0 atom stereocenters. The molecule has 0 spiro atoms. The molecule has 0 aliphatic carbocycles. The van der Waals surface area contributed by atoms with E-state index in [1.165, 1.54) is 0 Å². The van der Waals surface area contributed by atoms with Crippen LogP contribution in [-0.4, -0.2) is 15.0 Å². The van der Waals surface area contributed by atoms with Crippen molar-refractivity contribution < 1.29 is 21.9 Å². The summed E-state index contributed by atoms with van der Waals surface area (Å²) in [5, 5.41) is 4.16. The van der Waals surface area contributed by atoms with Crippen molar-refractivity contribution in [2.75, 3.05) is 4.72 Å². The predicted octanol–water partition coefficient (Wildman–Crippen LogP) is 2.21. The minimum Gasteiger partial charge on any atom is -0.432 e. The van der Waals surface area contributed by atoms with E-state index >= 15 is 0 Å². The lowest BCUT2D eigenvalue weighted by Crippen LogP contribution is -2.21. The van der Waals surface area contributed by atoms with Crippen LogP contribution in [0.1, 0.15) is 0 Å². The van der Waals surface area contributed by atoms with E-state index in [0.29, 0.717) is 0 Å². The molecule has 1 rings (SSSR count). The minimum atomic E-state index is -4.00. The molecule has 0 amide bonds. The number of halogens is 4. The molecule has 3 N–H and O–H groups in total. The lowest BCUT2D eigenvalue weighted by molar-refractivity contribution is -0.0497. The van der Waals surface area contributed by atoms with Crippen LogP contribution in [0.25, 0.3) is 0 Å². The van der Waals surface area contributed by atoms with Crippen LogP contribution in [0.15, 0.2) is 12.1 Å². The second kappa shape index (κ2) is 5.21. The van der Waals surface area contributed by atoms with Gasteiger partial charge in [-0.25, -0.2) is 5.14 Å². The van der Waals surface area contributed by atoms with E-state index in [-0.39, 0.29) is 15.7 Å². The first-order chi connectivity index (χ1) is 7.69. The summed E-state index contributed by atoms with van der Waals surface area (Å²) in [5.74, 6) is -0.441. The monoisotopic (exact) mass is 306 g/mol. The van der Waals surface area contributed by atoms with Gasteiger partial charge in [-0.3, -0.25) is 4.72 Å². The fourth-order valence-electron chi connectivity index (χ4n) is 0.985. The zero-order valence-electron chi connectivity index (χ0n) is 7.95. The van der Waals surface area contributed by atoms with E-state index in [2.05, 4.69) is 4.74 Å². The Balaban J connectivity index is 3.09. The lowest BCUT2D eigenvalue weighted by atomic mass is 10.3. The van der Waals surface area contributed by atoms with Gasteiger partial charge in [0, 0.05) is 0 Å². The average molecular weight is 307 g/mol. The Morgan fingerprint density at radius 1 is 1.29 bits per heavy atom. The molecule has 10 heteroatoms. The summed E-state index contributed by atoms with van der Waals surface area (Å²) < 4.78 is 51.3. The van der Waals surface area contributed by atoms with E-state index in [4.69, 9.17) is 28.3 Å². The first kappa shape index (κ1) is 14.2. The summed E-state index contributed by atoms with van der Waals surface area (Å²) in [5.41, 5.74) is -0.0656. The highest BCUT2D eigenvalue weighted by Gasteiger charge is 2.15. The molecule has 0 aromatic heterocycles. The van der Waals surface area contributed by atoms with Crippen LogP contribution >= 0.6 is 23.2 Å². The number of hydrogen-bond acceptors (Lipinski definition) is 3. The van der Waals surface area contributed by atoms with Gasteiger partial charge in [0.15, 0.2) is 5.75 Å². The van der Waals surface area contributed by atoms with Crippen molar-refractivity contribution in [1.29, 1.82) is 0 Å². The van der Waals surface area contributed by atoms with Gasteiger partial charge in [-0.2, -0.15) is 17.2 Å². The van der Waals surface area contributed by atoms with Gasteiger partial charge in [0.2, 0.25) is 0 Å². The third-order valence-electron chi connectivity index (χ3n) is 1.47. The third kappa shape index (κ3) is 4.50. The molecule has 0 heterocycles. The van der Waals surface area contributed by atoms with E-state index < -0.39 is 22.6 Å². The van der Waals surface area contributed by atoms with Crippen LogP contribution in [-0.2, 0) is 10.2 Å². The summed E-state index contributed by atoms with van der Waals surface area (Å²) in [6.07, 6.45) is 0. The fraction of sp³-hybridized carbons (Fsp3) is 0.143. The maximum atomic E-state index is 12.0. The Kier molecular flexibility index (Phi) is 4.36. The van der Waals surface area contributed by atoms with Crippen LogP contribution in [0.2, 0.25) is 10.0 Å². The summed E-state index contributed by atoms with van der Waals surface area (Å²) in [6.45, 7) is -3.10. The number of alkyl halides is 2. The molecule has 0 aliphatic heterocycles. The molecule has 0 saturated carbocycles. The summed E-state index contributed by atoms with van der Waals surface area (Å²) in [7, 11) is -4.00. The normalized spacial score (nSPS) is 11.6. The first-order valence-electron chi connectivity index (χ1n) is 3.93. The van der Waals surface area contributed by atoms with E-state index in [0.717, 1.165) is 12.1 Å². The van der Waals surface area contributed by atoms with Crippen molar-refractivity contribution >= 4 is 39.1 Å². The van der Waals surface area contributed by atoms with Crippen molar-refractivity contribution in [2.24, 2.45) is 5.14 Å². The van der Waals surface area contributed by atoms with Gasteiger partial charge in [-0.15, -0.1) is 0 Å². The quantitative estimate of drug-likeness (QED) is 0.895. The first-order valence-corrected chi connectivity index (χ1v) is 6.23. The Morgan fingerprint density at radius 2 is 1.76 bits per heavy atom. The highest BCUT2D eigenvalue weighted by Crippen LogP contribution is 2.37. The maximum absolute atomic E-state index is 12.0. The second-order valence-corrected chi connectivity index (χ2v) is 4.90. The fourth-order valence-corrected chi connectivity index (χ4v) is 2.01. The summed E-state index contributed by atoms with van der Waals surface area (Å²) in [6, 6.07) is 2.07. The molecular weight excluding hydrogens is 301 g/mol. The maximum Gasteiger partial charge on any atom is 0.387 e. The summed E-state index contributed by atoms with van der Waals surface area (Å²) in [4.78, 5) is 0. The number of benzene rings is 1. The molecule has 0 aliphatic rings. The van der Waals surface area contributed by atoms with E-state index in [1.54, 1.807) is 0 Å². The van der Waals surface area contributed by atoms with E-state index in [1.807, 2.05) is 4.72 Å². The third-order valence-corrected chi connectivity index (χ3v) is 2.55. The number of hydrogen-bond donors (Lipinski definition) is 2. The van der Waals surface area contributed by atoms with Crippen molar-refractivity contribution in [2.45, 2.75) is 6.61 Å². The number of anilines is 1. The highest BCUT2D eigenvalue weighted by atomic mass is 35.5. The molecule has 0 bridgehead atoms. The number of nitrogens with one attached hydrogen (secondary N) is 1. The average Bonchev–Trinajstić information content (AvgIpc) is 2.08. The molecule has 0 unspecified atom stereocenters. The Morgan fingerprint density at radius 3 is 2.12 bits per heavy atom. The Bertz CT molecular complexity index is 501. The smallest absolute Gasteiger partial charge is 0.387 e. The van der Waals surface area contributed by atoms with Gasteiger partial charge in [-0.1, -0.05) is 23.2 Å². The highest BCUT2D eigenvalue weighted by molar-refractivity contribution is 7.90. The molecule has 0 radical (unpaired) electrons. The summed E-state index contributed by atoms with van der Waals surface area (Å²) >= 11 is 11.2. The van der Waals surface area contributed by atoms with Crippen LogP contribution in [0.3, 0.4) is 0 Å². The van der Waals surface area contributed by atoms with Crippen LogP contribution in [0.4, 0.5) is 14.5 Å². The lowest BCUT2D eigenvalue weighted by Gasteiger charge is -2.11. The zero-order chi connectivity index (χ0) is 13.2. The predicted molar refractivity (Wildman–Crippen MR) is 59.8 cm³/mol.